The van der Waals surface area contributed by atoms with Gasteiger partial charge in [0.1, 0.15) is 16.5 Å². The topological polar surface area (TPSA) is 138 Å². The number of aromatic nitrogens is 3. The molecule has 2 heterocycles. The number of aromatic amines is 1. The van der Waals surface area contributed by atoms with Gasteiger partial charge < -0.3 is 14.3 Å². The maximum Gasteiger partial charge on any atom is 0.433 e. The molecule has 10 heteroatoms. The number of aryl methyl sites for hydroxylation is 1. The average molecular weight is 309 g/mol. The van der Waals surface area contributed by atoms with E-state index in [-0.39, 0.29) is 15.8 Å². The molecule has 2 aromatic heterocycles. The van der Waals surface area contributed by atoms with Crippen molar-refractivity contribution in [1.29, 1.82) is 0 Å². The third-order valence-electron chi connectivity index (χ3n) is 2.31. The number of nitrogens with zero attached hydrogens (tertiary/aromatic N) is 3. The molecule has 110 valence electrons. The lowest BCUT2D eigenvalue weighted by atomic mass is 10.4. The fourth-order valence-electron chi connectivity index (χ4n) is 1.36. The van der Waals surface area contributed by atoms with Crippen molar-refractivity contribution in [3.05, 3.63) is 38.7 Å². The zero-order valence-electron chi connectivity index (χ0n) is 10.7. The maximum atomic E-state index is 11.1. The van der Waals surface area contributed by atoms with Crippen LogP contribution in [0.4, 0.5) is 5.88 Å². The number of carboxylic acid groups (broad SMARTS) is 1. The summed E-state index contributed by atoms with van der Waals surface area (Å²) < 4.78 is 4.86. The van der Waals surface area contributed by atoms with E-state index in [1.165, 1.54) is 6.07 Å². The zero-order valence-corrected chi connectivity index (χ0v) is 11.5. The van der Waals surface area contributed by atoms with Gasteiger partial charge in [-0.3, -0.25) is 15.2 Å². The van der Waals surface area contributed by atoms with Gasteiger partial charge in [-0.05, 0) is 23.9 Å². The highest BCUT2D eigenvalue weighted by Crippen LogP contribution is 2.26. The first-order valence-corrected chi connectivity index (χ1v) is 6.57. The molecule has 2 rings (SSSR count). The number of furan rings is 1. The van der Waals surface area contributed by atoms with E-state index in [2.05, 4.69) is 15.2 Å². The van der Waals surface area contributed by atoms with Gasteiger partial charge in [0, 0.05) is 11.3 Å². The summed E-state index contributed by atoms with van der Waals surface area (Å²) in [4.78, 5) is 24.7. The van der Waals surface area contributed by atoms with Crippen LogP contribution < -0.4 is 5.11 Å². The van der Waals surface area contributed by atoms with Crippen LogP contribution in [0, 0.1) is 10.1 Å². The van der Waals surface area contributed by atoms with Crippen LogP contribution in [0.3, 0.4) is 0 Å². The van der Waals surface area contributed by atoms with Gasteiger partial charge in [0.05, 0.1) is 12.0 Å². The number of carbonyl (C=O) groups excluding carboxylic acids is 1. The lowest BCUT2D eigenvalue weighted by Gasteiger charge is -2.04. The summed E-state index contributed by atoms with van der Waals surface area (Å²) in [6.07, 6.45) is 1.75. The number of carboxylic acids is 1. The first kappa shape index (κ1) is 14.8. The third kappa shape index (κ3) is 3.69. The minimum Gasteiger partial charge on any atom is -0.544 e. The van der Waals surface area contributed by atoms with Gasteiger partial charge in [0.2, 0.25) is 5.16 Å². The summed E-state index contributed by atoms with van der Waals surface area (Å²) in [5.41, 5.74) is 0. The van der Waals surface area contributed by atoms with E-state index in [1.54, 1.807) is 0 Å². The number of aliphatic carboxylic acids is 1. The molecule has 0 bridgehead atoms. The molecule has 2 aromatic rings. The van der Waals surface area contributed by atoms with E-state index >= 15 is 0 Å². The standard InChI is InChI=1S/C11H10N4O5S/c1-2-8-12-11(14-13-8)21-7(10(16)17)5-6-3-4-9(20-6)15(18)19/h3-5H,2H2,1H3,(H,16,17)(H,12,13,14)/p-1/b7-5-. The van der Waals surface area contributed by atoms with Gasteiger partial charge in [-0.15, -0.1) is 5.10 Å². The second-order valence-corrected chi connectivity index (χ2v) is 4.76. The number of nitro groups is 1. The van der Waals surface area contributed by atoms with Gasteiger partial charge in [-0.25, -0.2) is 4.98 Å². The second-order valence-electron chi connectivity index (χ2n) is 3.75. The third-order valence-corrected chi connectivity index (χ3v) is 3.18. The lowest BCUT2D eigenvalue weighted by Crippen LogP contribution is -2.23. The molecule has 0 atom stereocenters. The Morgan fingerprint density at radius 1 is 1.57 bits per heavy atom. The van der Waals surface area contributed by atoms with Crippen LogP contribution in [0.15, 0.2) is 26.6 Å². The minimum atomic E-state index is -1.46. The van der Waals surface area contributed by atoms with E-state index in [1.807, 2.05) is 6.92 Å². The normalized spacial score (nSPS) is 11.6. The molecule has 0 saturated carbocycles. The maximum absolute atomic E-state index is 11.1. The van der Waals surface area contributed by atoms with Crippen molar-refractivity contribution in [3.8, 4) is 0 Å². The number of carbonyl (C=O) groups is 1. The average Bonchev–Trinajstić information content (AvgIpc) is 3.06. The van der Waals surface area contributed by atoms with E-state index in [4.69, 9.17) is 4.42 Å². The highest BCUT2D eigenvalue weighted by atomic mass is 32.2. The molecule has 0 unspecified atom stereocenters. The van der Waals surface area contributed by atoms with Crippen molar-refractivity contribution in [1.82, 2.24) is 15.2 Å². The molecule has 1 N–H and O–H groups in total. The van der Waals surface area contributed by atoms with Crippen LogP contribution in [0.2, 0.25) is 0 Å². The van der Waals surface area contributed by atoms with Gasteiger partial charge >= 0.3 is 5.88 Å². The molecule has 0 amide bonds. The summed E-state index contributed by atoms with van der Waals surface area (Å²) in [7, 11) is 0. The summed E-state index contributed by atoms with van der Waals surface area (Å²) in [6.45, 7) is 1.87. The van der Waals surface area contributed by atoms with Crippen LogP contribution in [0.1, 0.15) is 18.5 Å². The molecular weight excluding hydrogens is 300 g/mol. The number of H-pyrrole nitrogens is 1. The summed E-state index contributed by atoms with van der Waals surface area (Å²) in [5.74, 6) is -1.29. The first-order chi connectivity index (χ1) is 9.99. The van der Waals surface area contributed by atoms with Crippen LogP contribution in [0.25, 0.3) is 6.08 Å². The summed E-state index contributed by atoms with van der Waals surface area (Å²) in [6, 6.07) is 2.42. The quantitative estimate of drug-likeness (QED) is 0.357. The van der Waals surface area contributed by atoms with E-state index < -0.39 is 16.8 Å². The first-order valence-electron chi connectivity index (χ1n) is 5.76. The van der Waals surface area contributed by atoms with Crippen LogP contribution >= 0.6 is 11.8 Å². The van der Waals surface area contributed by atoms with Gasteiger partial charge in [0.15, 0.2) is 0 Å². The molecule has 9 nitrogen and oxygen atoms in total. The number of nitrogens with one attached hydrogen (secondary N) is 1. The van der Waals surface area contributed by atoms with Crippen LogP contribution in [-0.4, -0.2) is 26.1 Å². The Kier molecular flexibility index (Phi) is 4.38. The Morgan fingerprint density at radius 2 is 2.33 bits per heavy atom. The molecule has 0 aliphatic rings. The Morgan fingerprint density at radius 3 is 2.86 bits per heavy atom. The molecule has 21 heavy (non-hydrogen) atoms. The van der Waals surface area contributed by atoms with E-state index in [9.17, 15) is 20.0 Å². The zero-order chi connectivity index (χ0) is 15.4. The van der Waals surface area contributed by atoms with Crippen molar-refractivity contribution in [2.45, 2.75) is 18.5 Å². The van der Waals surface area contributed by atoms with Crippen LogP contribution in [0.5, 0.6) is 0 Å². The van der Waals surface area contributed by atoms with Gasteiger partial charge in [-0.2, -0.15) is 0 Å². The van der Waals surface area contributed by atoms with Crippen molar-refractivity contribution in [2.24, 2.45) is 0 Å². The predicted octanol–water partition coefficient (Wildman–Crippen LogP) is 0.751. The highest BCUT2D eigenvalue weighted by molar-refractivity contribution is 8.04. The highest BCUT2D eigenvalue weighted by Gasteiger charge is 2.13. The summed E-state index contributed by atoms with van der Waals surface area (Å²) in [5, 5.41) is 28.3. The Labute approximate surface area is 122 Å². The molecule has 0 radical (unpaired) electrons. The van der Waals surface area contributed by atoms with E-state index in [0.29, 0.717) is 12.2 Å². The Balaban J connectivity index is 2.23. The molecule has 0 aliphatic carbocycles. The SMILES string of the molecule is CCc1nc(S/C(=C\c2ccc([N+](=O)[O-])o2)C(=O)[O-])n[nH]1. The molecule has 0 aliphatic heterocycles. The van der Waals surface area contributed by atoms with Crippen molar-refractivity contribution < 1.29 is 19.2 Å². The Hall–Kier alpha value is -2.62. The molecule has 0 fully saturated rings. The molecule has 0 aromatic carbocycles. The lowest BCUT2D eigenvalue weighted by molar-refractivity contribution is -0.402. The van der Waals surface area contributed by atoms with Gasteiger partial charge in [-0.1, -0.05) is 6.92 Å². The van der Waals surface area contributed by atoms with Crippen molar-refractivity contribution >= 4 is 29.7 Å². The second kappa shape index (κ2) is 6.22. The number of rotatable bonds is 6. The fourth-order valence-corrected chi connectivity index (χ4v) is 2.06. The predicted molar refractivity (Wildman–Crippen MR) is 70.0 cm³/mol. The smallest absolute Gasteiger partial charge is 0.433 e. The monoisotopic (exact) mass is 309 g/mol. The number of hydrogen-bond acceptors (Lipinski definition) is 8. The van der Waals surface area contributed by atoms with Crippen LogP contribution in [-0.2, 0) is 11.2 Å². The van der Waals surface area contributed by atoms with Crippen molar-refractivity contribution in [2.75, 3.05) is 0 Å². The Bertz CT molecular complexity index is 705. The number of thioether (sulfide) groups is 1. The fraction of sp³-hybridized carbons (Fsp3) is 0.182. The number of hydrogen-bond donors (Lipinski definition) is 1. The van der Waals surface area contributed by atoms with Gasteiger partial charge in [0.25, 0.3) is 0 Å². The summed E-state index contributed by atoms with van der Waals surface area (Å²) >= 11 is 0.761. The largest absolute Gasteiger partial charge is 0.544 e. The van der Waals surface area contributed by atoms with Crippen molar-refractivity contribution in [3.63, 3.8) is 0 Å². The molecule has 0 saturated heterocycles. The molecule has 0 spiro atoms. The minimum absolute atomic E-state index is 0.0275. The van der Waals surface area contributed by atoms with E-state index in [0.717, 1.165) is 23.9 Å². The molecular formula is C11H9N4O5S-.